The second-order valence-electron chi connectivity index (χ2n) is 3.39. The molecule has 0 aliphatic rings. The zero-order valence-corrected chi connectivity index (χ0v) is 12.4. The highest BCUT2D eigenvalue weighted by molar-refractivity contribution is 9.10. The van der Waals surface area contributed by atoms with Crippen LogP contribution in [0.2, 0.25) is 0 Å². The van der Waals surface area contributed by atoms with Gasteiger partial charge < -0.3 is 4.90 Å². The van der Waals surface area contributed by atoms with Crippen molar-refractivity contribution in [1.82, 2.24) is 0 Å². The molecular formula is C12H14Br2N2. The van der Waals surface area contributed by atoms with Crippen molar-refractivity contribution in [3.05, 3.63) is 28.2 Å². The van der Waals surface area contributed by atoms with E-state index in [1.807, 2.05) is 6.07 Å². The van der Waals surface area contributed by atoms with Crippen molar-refractivity contribution in [2.24, 2.45) is 0 Å². The summed E-state index contributed by atoms with van der Waals surface area (Å²) in [4.78, 5) is 2.23. The summed E-state index contributed by atoms with van der Waals surface area (Å²) in [6, 6.07) is 8.44. The quantitative estimate of drug-likeness (QED) is 0.751. The van der Waals surface area contributed by atoms with Gasteiger partial charge in [0, 0.05) is 28.6 Å². The highest BCUT2D eigenvalue weighted by atomic mass is 79.9. The Balaban J connectivity index is 2.95. The molecule has 0 aliphatic heterocycles. The van der Waals surface area contributed by atoms with Crippen molar-refractivity contribution in [1.29, 1.82) is 5.26 Å². The second kappa shape index (κ2) is 6.93. The van der Waals surface area contributed by atoms with Gasteiger partial charge in [0.2, 0.25) is 0 Å². The molecular weight excluding hydrogens is 332 g/mol. The van der Waals surface area contributed by atoms with Crippen molar-refractivity contribution in [2.45, 2.75) is 18.7 Å². The van der Waals surface area contributed by atoms with Gasteiger partial charge in [-0.1, -0.05) is 31.9 Å². The van der Waals surface area contributed by atoms with Crippen LogP contribution in [0.15, 0.2) is 22.7 Å². The second-order valence-corrected chi connectivity index (χ2v) is 4.87. The molecule has 0 unspecified atom stereocenters. The van der Waals surface area contributed by atoms with Gasteiger partial charge in [-0.25, -0.2) is 0 Å². The lowest BCUT2D eigenvalue weighted by molar-refractivity contribution is 0.823. The SMILES string of the molecule is CCN(CCC#N)c1ccc(Br)cc1CBr. The molecule has 0 amide bonds. The van der Waals surface area contributed by atoms with Crippen LogP contribution in [0.25, 0.3) is 0 Å². The Kier molecular flexibility index (Phi) is 5.86. The van der Waals surface area contributed by atoms with Crippen LogP contribution in [0.3, 0.4) is 0 Å². The van der Waals surface area contributed by atoms with Crippen molar-refractivity contribution in [3.63, 3.8) is 0 Å². The first-order chi connectivity index (χ1) is 7.72. The normalized spacial score (nSPS) is 9.88. The summed E-state index contributed by atoms with van der Waals surface area (Å²) in [5.41, 5.74) is 2.45. The summed E-state index contributed by atoms with van der Waals surface area (Å²) >= 11 is 6.96. The smallest absolute Gasteiger partial charge is 0.0640 e. The molecule has 4 heteroatoms. The van der Waals surface area contributed by atoms with Crippen LogP contribution in [0.1, 0.15) is 18.9 Å². The van der Waals surface area contributed by atoms with E-state index in [-0.39, 0.29) is 0 Å². The molecule has 0 radical (unpaired) electrons. The van der Waals surface area contributed by atoms with Crippen LogP contribution >= 0.6 is 31.9 Å². The third kappa shape index (κ3) is 3.50. The largest absolute Gasteiger partial charge is 0.371 e. The number of anilines is 1. The molecule has 0 N–H and O–H groups in total. The first-order valence-corrected chi connectivity index (χ1v) is 7.10. The first kappa shape index (κ1) is 13.5. The fraction of sp³-hybridized carbons (Fsp3) is 0.417. The van der Waals surface area contributed by atoms with Gasteiger partial charge >= 0.3 is 0 Å². The van der Waals surface area contributed by atoms with E-state index in [9.17, 15) is 0 Å². The van der Waals surface area contributed by atoms with Gasteiger partial charge in [-0.2, -0.15) is 5.26 Å². The fourth-order valence-electron chi connectivity index (χ4n) is 1.60. The standard InChI is InChI=1S/C12H14Br2N2/c1-2-16(7-3-6-15)12-5-4-11(14)8-10(12)9-13/h4-5,8H,2-3,7,9H2,1H3. The van der Waals surface area contributed by atoms with E-state index in [4.69, 9.17) is 5.26 Å². The molecule has 0 saturated carbocycles. The number of hydrogen-bond acceptors (Lipinski definition) is 2. The third-order valence-corrected chi connectivity index (χ3v) is 3.50. The highest BCUT2D eigenvalue weighted by Gasteiger charge is 2.09. The number of benzene rings is 1. The summed E-state index contributed by atoms with van der Waals surface area (Å²) < 4.78 is 1.09. The molecule has 0 heterocycles. The molecule has 1 aromatic carbocycles. The number of rotatable bonds is 5. The minimum Gasteiger partial charge on any atom is -0.371 e. The lowest BCUT2D eigenvalue weighted by atomic mass is 10.1. The zero-order chi connectivity index (χ0) is 12.0. The summed E-state index contributed by atoms with van der Waals surface area (Å²) in [7, 11) is 0. The average Bonchev–Trinajstić information content (AvgIpc) is 2.31. The number of alkyl halides is 1. The molecule has 2 nitrogen and oxygen atoms in total. The summed E-state index contributed by atoms with van der Waals surface area (Å²) in [6.45, 7) is 3.81. The van der Waals surface area contributed by atoms with Gasteiger partial charge in [0.25, 0.3) is 0 Å². The third-order valence-electron chi connectivity index (χ3n) is 2.40. The van der Waals surface area contributed by atoms with Crippen LogP contribution in [0.4, 0.5) is 5.69 Å². The Bertz CT molecular complexity index is 385. The van der Waals surface area contributed by atoms with Gasteiger partial charge in [-0.15, -0.1) is 0 Å². The van der Waals surface area contributed by atoms with Gasteiger partial charge in [0.15, 0.2) is 0 Å². The molecule has 1 aromatic rings. The monoisotopic (exact) mass is 344 g/mol. The Labute approximate surface area is 114 Å². The summed E-state index contributed by atoms with van der Waals surface area (Å²) in [5, 5.41) is 9.46. The first-order valence-electron chi connectivity index (χ1n) is 5.19. The summed E-state index contributed by atoms with van der Waals surface area (Å²) in [5.74, 6) is 0. The Morgan fingerprint density at radius 2 is 2.19 bits per heavy atom. The molecule has 86 valence electrons. The van der Waals surface area contributed by atoms with Gasteiger partial charge in [0.1, 0.15) is 0 Å². The zero-order valence-electron chi connectivity index (χ0n) is 9.21. The van der Waals surface area contributed by atoms with E-state index in [0.717, 1.165) is 22.9 Å². The van der Waals surface area contributed by atoms with Crippen LogP contribution in [-0.2, 0) is 5.33 Å². The van der Waals surface area contributed by atoms with Gasteiger partial charge in [-0.3, -0.25) is 0 Å². The van der Waals surface area contributed by atoms with Crippen LogP contribution in [0.5, 0.6) is 0 Å². The molecule has 16 heavy (non-hydrogen) atoms. The van der Waals surface area contributed by atoms with Crippen LogP contribution < -0.4 is 4.90 Å². The maximum absolute atomic E-state index is 8.63. The van der Waals surface area contributed by atoms with Crippen molar-refractivity contribution in [2.75, 3.05) is 18.0 Å². The summed E-state index contributed by atoms with van der Waals surface area (Å²) in [6.07, 6.45) is 0.561. The van der Waals surface area contributed by atoms with E-state index in [2.05, 4.69) is 61.9 Å². The van der Waals surface area contributed by atoms with E-state index in [0.29, 0.717) is 6.42 Å². The van der Waals surface area contributed by atoms with E-state index >= 15 is 0 Å². The minimum atomic E-state index is 0.561. The molecule has 0 fully saturated rings. The molecule has 0 bridgehead atoms. The van der Waals surface area contributed by atoms with Gasteiger partial charge in [-0.05, 0) is 30.7 Å². The van der Waals surface area contributed by atoms with Crippen molar-refractivity contribution < 1.29 is 0 Å². The van der Waals surface area contributed by atoms with Crippen molar-refractivity contribution in [3.8, 4) is 6.07 Å². The lowest BCUT2D eigenvalue weighted by Gasteiger charge is -2.24. The predicted octanol–water partition coefficient (Wildman–Crippen LogP) is 4.08. The Morgan fingerprint density at radius 3 is 2.75 bits per heavy atom. The average molecular weight is 346 g/mol. The Morgan fingerprint density at radius 1 is 1.44 bits per heavy atom. The number of hydrogen-bond donors (Lipinski definition) is 0. The molecule has 0 aromatic heterocycles. The fourth-order valence-corrected chi connectivity index (χ4v) is 2.46. The number of nitrogens with zero attached hydrogens (tertiary/aromatic N) is 2. The minimum absolute atomic E-state index is 0.561. The number of nitriles is 1. The van der Waals surface area contributed by atoms with Gasteiger partial charge in [0.05, 0.1) is 12.5 Å². The lowest BCUT2D eigenvalue weighted by Crippen LogP contribution is -2.24. The molecule has 0 spiro atoms. The van der Waals surface area contributed by atoms with E-state index in [1.165, 1.54) is 11.3 Å². The molecule has 0 aliphatic carbocycles. The molecule has 0 atom stereocenters. The van der Waals surface area contributed by atoms with Crippen molar-refractivity contribution >= 4 is 37.5 Å². The topological polar surface area (TPSA) is 27.0 Å². The molecule has 0 saturated heterocycles. The predicted molar refractivity (Wildman–Crippen MR) is 74.9 cm³/mol. The Hall–Kier alpha value is -0.530. The van der Waals surface area contributed by atoms with E-state index < -0.39 is 0 Å². The maximum Gasteiger partial charge on any atom is 0.0640 e. The number of halogens is 2. The molecule has 1 rings (SSSR count). The highest BCUT2D eigenvalue weighted by Crippen LogP contribution is 2.26. The van der Waals surface area contributed by atoms with E-state index in [1.54, 1.807) is 0 Å². The van der Waals surface area contributed by atoms with Crippen LogP contribution in [-0.4, -0.2) is 13.1 Å². The maximum atomic E-state index is 8.63. The van der Waals surface area contributed by atoms with Crippen LogP contribution in [0, 0.1) is 11.3 Å².